The quantitative estimate of drug-likeness (QED) is 0.186. The second-order valence-electron chi connectivity index (χ2n) is 13.0. The maximum Gasteiger partial charge on any atom is 0.162 e. The van der Waals surface area contributed by atoms with Gasteiger partial charge in [0.1, 0.15) is 0 Å². The monoisotopic (exact) mass is 656 g/mol. The van der Waals surface area contributed by atoms with Crippen molar-refractivity contribution >= 4 is 28.4 Å². The number of aryl methyl sites for hydroxylation is 1. The summed E-state index contributed by atoms with van der Waals surface area (Å²) in [6.45, 7) is 2.20. The first-order valence-electron chi connectivity index (χ1n) is 17.6. The van der Waals surface area contributed by atoms with Gasteiger partial charge in [-0.1, -0.05) is 133 Å². The lowest BCUT2D eigenvalue weighted by Crippen LogP contribution is -2.07. The first kappa shape index (κ1) is 30.5. The average molecular weight is 657 g/mol. The number of fused-ring (bicyclic) bond motifs is 3. The number of anilines is 2. The van der Waals surface area contributed by atoms with Crippen LogP contribution in [0.3, 0.4) is 0 Å². The maximum atomic E-state index is 5.37. The number of nitrogens with one attached hydrogen (secondary N) is 1. The molecule has 1 N–H and O–H groups in total. The van der Waals surface area contributed by atoms with Crippen LogP contribution in [0.5, 0.6) is 0 Å². The van der Waals surface area contributed by atoms with Crippen molar-refractivity contribution in [3.8, 4) is 50.7 Å². The molecule has 0 saturated heterocycles. The van der Waals surface area contributed by atoms with Gasteiger partial charge in [0.2, 0.25) is 0 Å². The molecule has 0 atom stereocenters. The number of allylic oxidation sites excluding steroid dienone is 1. The van der Waals surface area contributed by atoms with E-state index in [1.165, 1.54) is 27.7 Å². The zero-order valence-electron chi connectivity index (χ0n) is 28.4. The maximum absolute atomic E-state index is 5.37. The highest BCUT2D eigenvalue weighted by Crippen LogP contribution is 2.42. The number of nitrogens with zero attached hydrogens (tertiary/aromatic N) is 3. The molecule has 0 fully saturated rings. The summed E-state index contributed by atoms with van der Waals surface area (Å²) >= 11 is 0. The number of rotatable bonds is 7. The number of hydrogen-bond donors (Lipinski definition) is 1. The van der Waals surface area contributed by atoms with Gasteiger partial charge in [-0.2, -0.15) is 0 Å². The van der Waals surface area contributed by atoms with Crippen LogP contribution in [0.4, 0.5) is 11.4 Å². The molecule has 4 heteroatoms. The standard InChI is InChI=1S/C47H36N4/c1-32-39(48-40-26-14-11-23-36(40)33-17-5-2-6-18-33)29-30-45(51-43-27-15-12-24-37(43)38-25-13-16-28-44(38)51)46(32)47-49-41(34-19-7-3-8-20-34)31-42(50-47)35-21-9-4-10-22-35/h2-12,14-24,26-31,48H,13,25H2,1H3. The van der Waals surface area contributed by atoms with Gasteiger partial charge in [-0.05, 0) is 72.9 Å². The molecule has 244 valence electrons. The minimum atomic E-state index is 0.689. The van der Waals surface area contributed by atoms with Crippen molar-refractivity contribution in [3.63, 3.8) is 0 Å². The van der Waals surface area contributed by atoms with Gasteiger partial charge in [-0.3, -0.25) is 0 Å². The molecule has 6 aromatic carbocycles. The summed E-state index contributed by atoms with van der Waals surface area (Å²) in [6, 6.07) is 55.2. The minimum absolute atomic E-state index is 0.689. The average Bonchev–Trinajstić information content (AvgIpc) is 3.54. The third-order valence-electron chi connectivity index (χ3n) is 9.91. The van der Waals surface area contributed by atoms with Gasteiger partial charge in [-0.25, -0.2) is 9.97 Å². The Balaban J connectivity index is 1.32. The summed E-state index contributed by atoms with van der Waals surface area (Å²) in [4.78, 5) is 10.7. The third kappa shape index (κ3) is 5.61. The molecular formula is C47H36N4. The summed E-state index contributed by atoms with van der Waals surface area (Å²) in [5.74, 6) is 0.689. The molecule has 8 aromatic rings. The molecule has 1 aliphatic carbocycles. The molecule has 9 rings (SSSR count). The lowest BCUT2D eigenvalue weighted by Gasteiger charge is -2.21. The highest BCUT2D eigenvalue weighted by Gasteiger charge is 2.24. The van der Waals surface area contributed by atoms with E-state index in [1.54, 1.807) is 0 Å². The van der Waals surface area contributed by atoms with Crippen molar-refractivity contribution in [2.45, 2.75) is 19.8 Å². The van der Waals surface area contributed by atoms with Gasteiger partial charge in [0.05, 0.1) is 22.6 Å². The van der Waals surface area contributed by atoms with E-state index in [-0.39, 0.29) is 0 Å². The first-order valence-corrected chi connectivity index (χ1v) is 17.6. The van der Waals surface area contributed by atoms with Crippen molar-refractivity contribution in [2.24, 2.45) is 0 Å². The van der Waals surface area contributed by atoms with Crippen LogP contribution in [0.2, 0.25) is 0 Å². The van der Waals surface area contributed by atoms with Crippen LogP contribution in [0, 0.1) is 6.92 Å². The molecule has 0 saturated carbocycles. The predicted molar refractivity (Wildman–Crippen MR) is 212 cm³/mol. The summed E-state index contributed by atoms with van der Waals surface area (Å²) in [5, 5.41) is 5.13. The van der Waals surface area contributed by atoms with E-state index in [9.17, 15) is 0 Å². The first-order chi connectivity index (χ1) is 25.2. The third-order valence-corrected chi connectivity index (χ3v) is 9.91. The Morgan fingerprint density at radius 2 is 1.20 bits per heavy atom. The SMILES string of the molecule is Cc1c(Nc2ccccc2-c2ccccc2)ccc(-n2c3c(c4ccccc42)CCC=C3)c1-c1nc(-c2ccccc2)cc(-c2ccccc2)n1. The zero-order valence-corrected chi connectivity index (χ0v) is 28.4. The summed E-state index contributed by atoms with van der Waals surface area (Å²) in [5.41, 5.74) is 15.2. The van der Waals surface area contributed by atoms with Gasteiger partial charge in [0.15, 0.2) is 5.82 Å². The molecule has 4 nitrogen and oxygen atoms in total. The Morgan fingerprint density at radius 1 is 0.588 bits per heavy atom. The Labute approximate surface area is 298 Å². The second-order valence-corrected chi connectivity index (χ2v) is 13.0. The minimum Gasteiger partial charge on any atom is -0.355 e. The van der Waals surface area contributed by atoms with Crippen LogP contribution in [0.15, 0.2) is 164 Å². The molecule has 0 radical (unpaired) electrons. The molecule has 0 amide bonds. The zero-order chi connectivity index (χ0) is 34.1. The van der Waals surface area contributed by atoms with Crippen LogP contribution < -0.4 is 5.32 Å². The summed E-state index contributed by atoms with van der Waals surface area (Å²) in [7, 11) is 0. The van der Waals surface area contributed by atoms with Crippen LogP contribution in [-0.2, 0) is 6.42 Å². The lowest BCUT2D eigenvalue weighted by molar-refractivity contribution is 0.966. The van der Waals surface area contributed by atoms with Gasteiger partial charge in [0, 0.05) is 44.7 Å². The molecule has 0 unspecified atom stereocenters. The van der Waals surface area contributed by atoms with E-state index in [2.05, 4.69) is 175 Å². The highest BCUT2D eigenvalue weighted by atomic mass is 15.0. The largest absolute Gasteiger partial charge is 0.355 e. The fourth-order valence-corrected chi connectivity index (χ4v) is 7.43. The van der Waals surface area contributed by atoms with Crippen molar-refractivity contribution < 1.29 is 0 Å². The van der Waals surface area contributed by atoms with E-state index < -0.39 is 0 Å². The van der Waals surface area contributed by atoms with E-state index in [0.29, 0.717) is 5.82 Å². The van der Waals surface area contributed by atoms with E-state index in [4.69, 9.17) is 9.97 Å². The molecule has 1 aliphatic rings. The second kappa shape index (κ2) is 13.1. The smallest absolute Gasteiger partial charge is 0.162 e. The molecular weight excluding hydrogens is 621 g/mol. The summed E-state index contributed by atoms with van der Waals surface area (Å²) in [6.07, 6.45) is 6.64. The van der Waals surface area contributed by atoms with Crippen molar-refractivity contribution in [2.75, 3.05) is 5.32 Å². The van der Waals surface area contributed by atoms with E-state index in [1.807, 2.05) is 12.1 Å². The van der Waals surface area contributed by atoms with Crippen molar-refractivity contribution in [1.82, 2.24) is 14.5 Å². The summed E-state index contributed by atoms with van der Waals surface area (Å²) < 4.78 is 2.42. The van der Waals surface area contributed by atoms with E-state index >= 15 is 0 Å². The fourth-order valence-electron chi connectivity index (χ4n) is 7.43. The normalized spacial score (nSPS) is 12.2. The molecule has 0 aliphatic heterocycles. The van der Waals surface area contributed by atoms with Gasteiger partial charge < -0.3 is 9.88 Å². The van der Waals surface area contributed by atoms with Gasteiger partial charge in [-0.15, -0.1) is 0 Å². The fraction of sp³-hybridized carbons (Fsp3) is 0.0638. The van der Waals surface area contributed by atoms with Crippen LogP contribution in [-0.4, -0.2) is 14.5 Å². The predicted octanol–water partition coefficient (Wildman–Crippen LogP) is 12.1. The Kier molecular flexibility index (Phi) is 7.82. The van der Waals surface area contributed by atoms with Crippen molar-refractivity contribution in [1.29, 1.82) is 0 Å². The number of aromatic nitrogens is 3. The van der Waals surface area contributed by atoms with E-state index in [0.717, 1.165) is 69.1 Å². The molecule has 0 spiro atoms. The van der Waals surface area contributed by atoms with Gasteiger partial charge in [0.25, 0.3) is 0 Å². The Hall–Kier alpha value is -6.52. The molecule has 51 heavy (non-hydrogen) atoms. The Morgan fingerprint density at radius 3 is 1.90 bits per heavy atom. The number of para-hydroxylation sites is 2. The van der Waals surface area contributed by atoms with Crippen LogP contribution in [0.25, 0.3) is 67.7 Å². The Bertz CT molecular complexity index is 2490. The van der Waals surface area contributed by atoms with Crippen molar-refractivity contribution in [3.05, 3.63) is 181 Å². The van der Waals surface area contributed by atoms with Gasteiger partial charge >= 0.3 is 0 Å². The number of hydrogen-bond acceptors (Lipinski definition) is 3. The lowest BCUT2D eigenvalue weighted by atomic mass is 9.99. The highest BCUT2D eigenvalue weighted by molar-refractivity contribution is 5.94. The molecule has 2 heterocycles. The topological polar surface area (TPSA) is 42.7 Å². The van der Waals surface area contributed by atoms with Crippen LogP contribution >= 0.6 is 0 Å². The molecule has 0 bridgehead atoms. The van der Waals surface area contributed by atoms with Crippen LogP contribution in [0.1, 0.15) is 23.2 Å². The number of benzene rings is 6. The molecule has 2 aromatic heterocycles.